The Hall–Kier alpha value is -3.67. The van der Waals surface area contributed by atoms with Crippen LogP contribution in [-0.2, 0) is 22.6 Å². The Kier molecular flexibility index (Phi) is 7.35. The number of halogens is 1. The molecule has 0 radical (unpaired) electrons. The van der Waals surface area contributed by atoms with Gasteiger partial charge in [0.1, 0.15) is 5.82 Å². The van der Waals surface area contributed by atoms with E-state index in [2.05, 4.69) is 10.6 Å². The fraction of sp³-hybridized carbons (Fsp3) is 0.259. The van der Waals surface area contributed by atoms with E-state index < -0.39 is 11.8 Å². The maximum atomic E-state index is 13.1. The normalized spacial score (nSPS) is 14.0. The number of benzene rings is 3. The Balaban J connectivity index is 1.25. The van der Waals surface area contributed by atoms with E-state index in [-0.39, 0.29) is 5.82 Å². The fourth-order valence-corrected chi connectivity index (χ4v) is 4.13. The first kappa shape index (κ1) is 22.5. The molecule has 0 saturated carbocycles. The van der Waals surface area contributed by atoms with Gasteiger partial charge in [-0.1, -0.05) is 48.5 Å². The van der Waals surface area contributed by atoms with Gasteiger partial charge in [0, 0.05) is 31.0 Å². The molecular weight excluding hydrogens is 417 g/mol. The molecule has 1 saturated heterocycles. The molecule has 1 fully saturated rings. The van der Waals surface area contributed by atoms with Gasteiger partial charge in [-0.15, -0.1) is 0 Å². The molecule has 0 aliphatic carbocycles. The molecule has 0 atom stereocenters. The zero-order valence-corrected chi connectivity index (χ0v) is 18.5. The zero-order valence-electron chi connectivity index (χ0n) is 18.5. The van der Waals surface area contributed by atoms with Crippen LogP contribution in [0.2, 0.25) is 0 Å². The third-order valence-electron chi connectivity index (χ3n) is 5.99. The summed E-state index contributed by atoms with van der Waals surface area (Å²) in [6.07, 6.45) is 2.52. The number of nitrogens with zero attached hydrogens (tertiary/aromatic N) is 1. The lowest BCUT2D eigenvalue weighted by molar-refractivity contribution is -0.144. The van der Waals surface area contributed by atoms with Gasteiger partial charge in [-0.2, -0.15) is 0 Å². The molecular formula is C27H28FN3O2. The van der Waals surface area contributed by atoms with Gasteiger partial charge in [-0.25, -0.2) is 4.39 Å². The summed E-state index contributed by atoms with van der Waals surface area (Å²) in [5.74, 6) is -0.928. The van der Waals surface area contributed by atoms with Crippen molar-refractivity contribution in [2.45, 2.75) is 25.8 Å². The maximum Gasteiger partial charge on any atom is 0.313 e. The van der Waals surface area contributed by atoms with Gasteiger partial charge in [0.05, 0.1) is 0 Å². The molecule has 0 bridgehead atoms. The number of hydrogen-bond donors (Lipinski definition) is 2. The number of amides is 2. The van der Waals surface area contributed by atoms with Crippen molar-refractivity contribution in [3.05, 3.63) is 95.8 Å². The number of carbonyl (C=O) groups is 2. The van der Waals surface area contributed by atoms with E-state index in [1.165, 1.54) is 12.1 Å². The van der Waals surface area contributed by atoms with Crippen LogP contribution in [0, 0.1) is 11.7 Å². The van der Waals surface area contributed by atoms with Crippen LogP contribution in [0.5, 0.6) is 0 Å². The minimum absolute atomic E-state index is 0.234. The van der Waals surface area contributed by atoms with Crippen molar-refractivity contribution in [3.63, 3.8) is 0 Å². The SMILES string of the molecule is O=C(Nc1cccc(NCc2ccccc2)c1)C(=O)N1CCC(Cc2ccc(F)cc2)CC1. The number of rotatable bonds is 6. The highest BCUT2D eigenvalue weighted by Gasteiger charge is 2.27. The van der Waals surface area contributed by atoms with Crippen molar-refractivity contribution < 1.29 is 14.0 Å². The van der Waals surface area contributed by atoms with Gasteiger partial charge in [0.15, 0.2) is 0 Å². The van der Waals surface area contributed by atoms with E-state index in [1.54, 1.807) is 11.0 Å². The second kappa shape index (κ2) is 10.8. The highest BCUT2D eigenvalue weighted by atomic mass is 19.1. The molecule has 2 N–H and O–H groups in total. The lowest BCUT2D eigenvalue weighted by atomic mass is 9.90. The van der Waals surface area contributed by atoms with Gasteiger partial charge in [0.2, 0.25) is 0 Å². The molecule has 170 valence electrons. The average molecular weight is 446 g/mol. The van der Waals surface area contributed by atoms with Crippen LogP contribution in [0.15, 0.2) is 78.9 Å². The summed E-state index contributed by atoms with van der Waals surface area (Å²) in [6, 6.07) is 24.0. The number of piperidine rings is 1. The lowest BCUT2D eigenvalue weighted by Gasteiger charge is -2.31. The summed E-state index contributed by atoms with van der Waals surface area (Å²) in [5, 5.41) is 6.06. The van der Waals surface area contributed by atoms with Crippen LogP contribution in [0.25, 0.3) is 0 Å². The van der Waals surface area contributed by atoms with Crippen LogP contribution in [0.1, 0.15) is 24.0 Å². The molecule has 3 aromatic rings. The third-order valence-corrected chi connectivity index (χ3v) is 5.99. The summed E-state index contributed by atoms with van der Waals surface area (Å²) in [4.78, 5) is 26.8. The standard InChI is InChI=1S/C27H28FN3O2/c28-23-11-9-20(10-12-23)17-21-13-15-31(16-14-21)27(33)26(32)30-25-8-4-7-24(18-25)29-19-22-5-2-1-3-6-22/h1-12,18,21,29H,13-17,19H2,(H,30,32). The number of nitrogens with one attached hydrogen (secondary N) is 2. The molecule has 1 aliphatic heterocycles. The molecule has 3 aromatic carbocycles. The predicted octanol–water partition coefficient (Wildman–Crippen LogP) is 4.86. The highest BCUT2D eigenvalue weighted by Crippen LogP contribution is 2.22. The van der Waals surface area contributed by atoms with E-state index in [9.17, 15) is 14.0 Å². The van der Waals surface area contributed by atoms with Gasteiger partial charge in [0.25, 0.3) is 0 Å². The van der Waals surface area contributed by atoms with Crippen molar-refractivity contribution in [2.75, 3.05) is 23.7 Å². The summed E-state index contributed by atoms with van der Waals surface area (Å²) < 4.78 is 13.1. The first-order valence-corrected chi connectivity index (χ1v) is 11.3. The Morgan fingerprint density at radius 1 is 0.848 bits per heavy atom. The number of carbonyl (C=O) groups excluding carboxylic acids is 2. The Morgan fingerprint density at radius 2 is 1.55 bits per heavy atom. The van der Waals surface area contributed by atoms with E-state index in [4.69, 9.17) is 0 Å². The Morgan fingerprint density at radius 3 is 2.27 bits per heavy atom. The van der Waals surface area contributed by atoms with Crippen LogP contribution in [0.4, 0.5) is 15.8 Å². The lowest BCUT2D eigenvalue weighted by Crippen LogP contribution is -2.44. The van der Waals surface area contributed by atoms with Gasteiger partial charge < -0.3 is 15.5 Å². The molecule has 0 spiro atoms. The minimum atomic E-state index is -0.618. The fourth-order valence-electron chi connectivity index (χ4n) is 4.13. The molecule has 0 aromatic heterocycles. The van der Waals surface area contributed by atoms with Crippen LogP contribution in [0.3, 0.4) is 0 Å². The maximum absolute atomic E-state index is 13.1. The molecule has 4 rings (SSSR count). The average Bonchev–Trinajstić information content (AvgIpc) is 2.85. The largest absolute Gasteiger partial charge is 0.381 e. The molecule has 1 aliphatic rings. The van der Waals surface area contributed by atoms with Gasteiger partial charge >= 0.3 is 11.8 Å². The molecule has 0 unspecified atom stereocenters. The van der Waals surface area contributed by atoms with E-state index in [0.717, 1.165) is 36.1 Å². The van der Waals surface area contributed by atoms with E-state index >= 15 is 0 Å². The third kappa shape index (κ3) is 6.42. The summed E-state index contributed by atoms with van der Waals surface area (Å²) in [6.45, 7) is 1.78. The van der Waals surface area contributed by atoms with Crippen molar-refractivity contribution in [1.82, 2.24) is 4.90 Å². The first-order valence-electron chi connectivity index (χ1n) is 11.3. The molecule has 5 nitrogen and oxygen atoms in total. The monoisotopic (exact) mass is 445 g/mol. The molecule has 6 heteroatoms. The summed E-state index contributed by atoms with van der Waals surface area (Å²) in [7, 11) is 0. The number of hydrogen-bond acceptors (Lipinski definition) is 3. The van der Waals surface area contributed by atoms with Crippen molar-refractivity contribution in [2.24, 2.45) is 5.92 Å². The van der Waals surface area contributed by atoms with Crippen LogP contribution in [-0.4, -0.2) is 29.8 Å². The second-order valence-electron chi connectivity index (χ2n) is 8.44. The van der Waals surface area contributed by atoms with Gasteiger partial charge in [-0.3, -0.25) is 9.59 Å². The molecule has 1 heterocycles. The first-order chi connectivity index (χ1) is 16.1. The Labute approximate surface area is 193 Å². The zero-order chi connectivity index (χ0) is 23.0. The molecule has 33 heavy (non-hydrogen) atoms. The topological polar surface area (TPSA) is 61.4 Å². The summed E-state index contributed by atoms with van der Waals surface area (Å²) >= 11 is 0. The summed E-state index contributed by atoms with van der Waals surface area (Å²) in [5.41, 5.74) is 3.70. The van der Waals surface area contributed by atoms with Crippen molar-refractivity contribution in [3.8, 4) is 0 Å². The van der Waals surface area contributed by atoms with Gasteiger partial charge in [-0.05, 0) is 66.6 Å². The highest BCUT2D eigenvalue weighted by molar-refractivity contribution is 6.39. The number of likely N-dealkylation sites (tertiary alicyclic amines) is 1. The Bertz CT molecular complexity index is 1080. The van der Waals surface area contributed by atoms with E-state index in [1.807, 2.05) is 60.7 Å². The smallest absolute Gasteiger partial charge is 0.313 e. The van der Waals surface area contributed by atoms with E-state index in [0.29, 0.717) is 31.2 Å². The van der Waals surface area contributed by atoms with Crippen molar-refractivity contribution >= 4 is 23.2 Å². The van der Waals surface area contributed by atoms with Crippen LogP contribution < -0.4 is 10.6 Å². The molecule has 2 amide bonds. The van der Waals surface area contributed by atoms with Crippen molar-refractivity contribution in [1.29, 1.82) is 0 Å². The number of anilines is 2. The van der Waals surface area contributed by atoms with Crippen LogP contribution >= 0.6 is 0 Å². The minimum Gasteiger partial charge on any atom is -0.381 e. The predicted molar refractivity (Wildman–Crippen MR) is 128 cm³/mol. The quantitative estimate of drug-likeness (QED) is 0.533. The second-order valence-corrected chi connectivity index (χ2v) is 8.44.